The average molecular weight is 272 g/mol. The van der Waals surface area contributed by atoms with Gasteiger partial charge in [-0.25, -0.2) is 0 Å². The molecule has 0 aliphatic carbocycles. The van der Waals surface area contributed by atoms with Crippen molar-refractivity contribution in [1.82, 2.24) is 20.4 Å². The molecule has 1 heterocycles. The van der Waals surface area contributed by atoms with Crippen molar-refractivity contribution in [3.63, 3.8) is 0 Å². The fourth-order valence-corrected chi connectivity index (χ4v) is 1.65. The van der Waals surface area contributed by atoms with Gasteiger partial charge in [0, 0.05) is 19.8 Å². The smallest absolute Gasteiger partial charge is 0.272 e. The SMILES string of the molecule is Cn1ccc(C(=O)NCC(=O)NCc2ccccc2)n1. The predicted octanol–water partition coefficient (Wildman–Crippen LogP) is 0.466. The molecule has 0 aliphatic rings. The van der Waals surface area contributed by atoms with Crippen LogP contribution in [0.5, 0.6) is 0 Å². The van der Waals surface area contributed by atoms with E-state index in [1.807, 2.05) is 30.3 Å². The number of carbonyl (C=O) groups is 2. The molecule has 0 bridgehead atoms. The first-order valence-corrected chi connectivity index (χ1v) is 6.23. The summed E-state index contributed by atoms with van der Waals surface area (Å²) in [5.74, 6) is -0.599. The second-order valence-electron chi connectivity index (χ2n) is 4.32. The van der Waals surface area contributed by atoms with Crippen molar-refractivity contribution >= 4 is 11.8 Å². The van der Waals surface area contributed by atoms with Crippen molar-refractivity contribution in [2.45, 2.75) is 6.54 Å². The van der Waals surface area contributed by atoms with E-state index >= 15 is 0 Å². The molecule has 0 unspecified atom stereocenters. The Hall–Kier alpha value is -2.63. The third-order valence-corrected chi connectivity index (χ3v) is 2.69. The van der Waals surface area contributed by atoms with Crippen LogP contribution in [0.3, 0.4) is 0 Å². The Morgan fingerprint density at radius 1 is 1.15 bits per heavy atom. The third kappa shape index (κ3) is 3.94. The van der Waals surface area contributed by atoms with Gasteiger partial charge in [-0.05, 0) is 11.6 Å². The van der Waals surface area contributed by atoms with Crippen LogP contribution in [0.4, 0.5) is 0 Å². The van der Waals surface area contributed by atoms with Crippen LogP contribution < -0.4 is 10.6 Å². The molecule has 0 saturated heterocycles. The van der Waals surface area contributed by atoms with E-state index in [0.29, 0.717) is 12.2 Å². The molecule has 2 aromatic rings. The Kier molecular flexibility index (Phi) is 4.49. The molecule has 0 aliphatic heterocycles. The van der Waals surface area contributed by atoms with Gasteiger partial charge < -0.3 is 10.6 Å². The van der Waals surface area contributed by atoms with Crippen LogP contribution in [0.25, 0.3) is 0 Å². The molecule has 104 valence electrons. The van der Waals surface area contributed by atoms with Crippen LogP contribution in [-0.2, 0) is 18.4 Å². The fourth-order valence-electron chi connectivity index (χ4n) is 1.65. The maximum absolute atomic E-state index is 11.7. The van der Waals surface area contributed by atoms with E-state index in [2.05, 4.69) is 15.7 Å². The lowest BCUT2D eigenvalue weighted by molar-refractivity contribution is -0.120. The largest absolute Gasteiger partial charge is 0.350 e. The summed E-state index contributed by atoms with van der Waals surface area (Å²) in [4.78, 5) is 23.3. The predicted molar refractivity (Wildman–Crippen MR) is 73.8 cm³/mol. The number of aromatic nitrogens is 2. The Labute approximate surface area is 116 Å². The van der Waals surface area contributed by atoms with E-state index in [0.717, 1.165) is 5.56 Å². The van der Waals surface area contributed by atoms with Gasteiger partial charge in [0.1, 0.15) is 5.69 Å². The summed E-state index contributed by atoms with van der Waals surface area (Å²) in [6, 6.07) is 11.2. The molecule has 20 heavy (non-hydrogen) atoms. The number of hydrogen-bond donors (Lipinski definition) is 2. The van der Waals surface area contributed by atoms with E-state index in [-0.39, 0.29) is 18.4 Å². The van der Waals surface area contributed by atoms with Gasteiger partial charge >= 0.3 is 0 Å². The van der Waals surface area contributed by atoms with Gasteiger partial charge in [-0.2, -0.15) is 5.10 Å². The number of carbonyl (C=O) groups excluding carboxylic acids is 2. The number of amides is 2. The van der Waals surface area contributed by atoms with Crippen LogP contribution >= 0.6 is 0 Å². The van der Waals surface area contributed by atoms with Crippen LogP contribution in [0.2, 0.25) is 0 Å². The van der Waals surface area contributed by atoms with E-state index in [1.165, 1.54) is 4.68 Å². The minimum atomic E-state index is -0.361. The molecular weight excluding hydrogens is 256 g/mol. The molecule has 1 aromatic heterocycles. The van der Waals surface area contributed by atoms with Crippen molar-refractivity contribution in [2.24, 2.45) is 7.05 Å². The minimum Gasteiger partial charge on any atom is -0.350 e. The van der Waals surface area contributed by atoms with Crippen molar-refractivity contribution in [2.75, 3.05) is 6.54 Å². The number of nitrogens with one attached hydrogen (secondary N) is 2. The van der Waals surface area contributed by atoms with Crippen LogP contribution in [0, 0.1) is 0 Å². The first kappa shape index (κ1) is 13.8. The van der Waals surface area contributed by atoms with E-state index < -0.39 is 0 Å². The maximum Gasteiger partial charge on any atom is 0.272 e. The van der Waals surface area contributed by atoms with Crippen molar-refractivity contribution in [3.8, 4) is 0 Å². The van der Waals surface area contributed by atoms with E-state index in [9.17, 15) is 9.59 Å². The Morgan fingerprint density at radius 2 is 1.90 bits per heavy atom. The summed E-state index contributed by atoms with van der Waals surface area (Å²) < 4.78 is 1.53. The van der Waals surface area contributed by atoms with Gasteiger partial charge in [-0.1, -0.05) is 30.3 Å². The summed E-state index contributed by atoms with van der Waals surface area (Å²) in [5.41, 5.74) is 1.31. The third-order valence-electron chi connectivity index (χ3n) is 2.69. The second kappa shape index (κ2) is 6.51. The lowest BCUT2D eigenvalue weighted by Crippen LogP contribution is -2.36. The van der Waals surface area contributed by atoms with Crippen LogP contribution in [0.15, 0.2) is 42.6 Å². The Morgan fingerprint density at radius 3 is 2.55 bits per heavy atom. The number of rotatable bonds is 5. The van der Waals surface area contributed by atoms with Crippen molar-refractivity contribution < 1.29 is 9.59 Å². The summed E-state index contributed by atoms with van der Waals surface area (Å²) in [5, 5.41) is 9.21. The zero-order valence-electron chi connectivity index (χ0n) is 11.2. The molecule has 6 heteroatoms. The first-order chi connectivity index (χ1) is 9.65. The quantitative estimate of drug-likeness (QED) is 0.830. The van der Waals surface area contributed by atoms with Gasteiger partial charge in [0.05, 0.1) is 6.54 Å². The zero-order valence-corrected chi connectivity index (χ0v) is 11.2. The van der Waals surface area contributed by atoms with Gasteiger partial charge in [-0.15, -0.1) is 0 Å². The molecule has 0 spiro atoms. The highest BCUT2D eigenvalue weighted by molar-refractivity contribution is 5.94. The zero-order chi connectivity index (χ0) is 14.4. The number of benzene rings is 1. The second-order valence-corrected chi connectivity index (χ2v) is 4.32. The topological polar surface area (TPSA) is 76.0 Å². The molecule has 1 aromatic carbocycles. The maximum atomic E-state index is 11.7. The molecule has 0 fully saturated rings. The highest BCUT2D eigenvalue weighted by Gasteiger charge is 2.10. The molecule has 0 saturated carbocycles. The summed E-state index contributed by atoms with van der Waals surface area (Å²) in [7, 11) is 1.73. The number of hydrogen-bond acceptors (Lipinski definition) is 3. The lowest BCUT2D eigenvalue weighted by atomic mass is 10.2. The number of nitrogens with zero attached hydrogens (tertiary/aromatic N) is 2. The van der Waals surface area contributed by atoms with Crippen LogP contribution in [0.1, 0.15) is 16.1 Å². The van der Waals surface area contributed by atoms with E-state index in [4.69, 9.17) is 0 Å². The molecule has 0 atom stereocenters. The summed E-state index contributed by atoms with van der Waals surface area (Å²) in [6.45, 7) is 0.376. The Balaban J connectivity index is 1.74. The highest BCUT2D eigenvalue weighted by atomic mass is 16.2. The molecular formula is C14H16N4O2. The molecule has 6 nitrogen and oxygen atoms in total. The minimum absolute atomic E-state index is 0.0672. The van der Waals surface area contributed by atoms with E-state index in [1.54, 1.807) is 19.3 Å². The Bertz CT molecular complexity index is 592. The first-order valence-electron chi connectivity index (χ1n) is 6.23. The molecule has 2 N–H and O–H groups in total. The average Bonchev–Trinajstić information content (AvgIpc) is 2.90. The van der Waals surface area contributed by atoms with Gasteiger partial charge in [0.25, 0.3) is 5.91 Å². The van der Waals surface area contributed by atoms with Gasteiger partial charge in [0.15, 0.2) is 0 Å². The standard InChI is InChI=1S/C14H16N4O2/c1-18-8-7-12(17-18)14(20)16-10-13(19)15-9-11-5-3-2-4-6-11/h2-8H,9-10H2,1H3,(H,15,19)(H,16,20). The molecule has 2 rings (SSSR count). The van der Waals surface area contributed by atoms with Crippen LogP contribution in [-0.4, -0.2) is 28.1 Å². The van der Waals surface area contributed by atoms with Gasteiger partial charge in [0.2, 0.25) is 5.91 Å². The molecule has 2 amide bonds. The monoisotopic (exact) mass is 272 g/mol. The van der Waals surface area contributed by atoms with Crippen molar-refractivity contribution in [1.29, 1.82) is 0 Å². The summed E-state index contributed by atoms with van der Waals surface area (Å²) in [6.07, 6.45) is 1.67. The number of aryl methyl sites for hydroxylation is 1. The van der Waals surface area contributed by atoms with Gasteiger partial charge in [-0.3, -0.25) is 14.3 Å². The highest BCUT2D eigenvalue weighted by Crippen LogP contribution is 1.97. The lowest BCUT2D eigenvalue weighted by Gasteiger charge is -2.06. The normalized spacial score (nSPS) is 10.1. The van der Waals surface area contributed by atoms with Crippen molar-refractivity contribution in [3.05, 3.63) is 53.9 Å². The summed E-state index contributed by atoms with van der Waals surface area (Å²) >= 11 is 0. The molecule has 0 radical (unpaired) electrons. The fraction of sp³-hybridized carbons (Fsp3) is 0.214.